The molecule has 1 amide bonds. The van der Waals surface area contributed by atoms with E-state index in [0.717, 1.165) is 32.5 Å². The molecule has 0 spiro atoms. The van der Waals surface area contributed by atoms with Gasteiger partial charge in [0.25, 0.3) is 0 Å². The summed E-state index contributed by atoms with van der Waals surface area (Å²) in [6, 6.07) is 0.479. The van der Waals surface area contributed by atoms with E-state index in [1.54, 1.807) is 12.7 Å². The molecule has 1 saturated heterocycles. The van der Waals surface area contributed by atoms with Crippen LogP contribution in [0.4, 0.5) is 0 Å². The molecule has 1 saturated carbocycles. The van der Waals surface area contributed by atoms with Gasteiger partial charge in [0, 0.05) is 24.8 Å². The lowest BCUT2D eigenvalue weighted by molar-refractivity contribution is -0.131. The van der Waals surface area contributed by atoms with Crippen molar-refractivity contribution in [3.63, 3.8) is 0 Å². The Morgan fingerprint density at radius 2 is 2.16 bits per heavy atom. The molecular formula is C19H29N5O. The second-order valence-corrected chi connectivity index (χ2v) is 7.80. The minimum Gasteiger partial charge on any atom is -0.312 e. The third-order valence-corrected chi connectivity index (χ3v) is 5.63. The fourth-order valence-corrected chi connectivity index (χ4v) is 4.27. The van der Waals surface area contributed by atoms with Crippen molar-refractivity contribution >= 4 is 5.91 Å². The van der Waals surface area contributed by atoms with Crippen LogP contribution in [-0.4, -0.2) is 56.1 Å². The van der Waals surface area contributed by atoms with Crippen LogP contribution in [0.15, 0.2) is 24.4 Å². The Labute approximate surface area is 149 Å². The summed E-state index contributed by atoms with van der Waals surface area (Å²) in [7, 11) is 0. The first-order valence-corrected chi connectivity index (χ1v) is 9.85. The first kappa shape index (κ1) is 16.8. The van der Waals surface area contributed by atoms with Gasteiger partial charge in [-0.2, -0.15) is 5.10 Å². The van der Waals surface area contributed by atoms with E-state index in [9.17, 15) is 4.79 Å². The van der Waals surface area contributed by atoms with Crippen molar-refractivity contribution in [1.82, 2.24) is 24.6 Å². The van der Waals surface area contributed by atoms with Crippen LogP contribution in [0.2, 0.25) is 0 Å². The molecule has 2 heterocycles. The third-order valence-electron chi connectivity index (χ3n) is 5.63. The lowest BCUT2D eigenvalue weighted by Gasteiger charge is -2.35. The fraction of sp³-hybridized carbons (Fsp3) is 0.737. The monoisotopic (exact) mass is 343 g/mol. The summed E-state index contributed by atoms with van der Waals surface area (Å²) in [6.45, 7) is 3.50. The molecule has 3 aliphatic rings. The van der Waals surface area contributed by atoms with E-state index in [-0.39, 0.29) is 0 Å². The topological polar surface area (TPSA) is 54.3 Å². The smallest absolute Gasteiger partial charge is 0.241 e. The average molecular weight is 343 g/mol. The van der Waals surface area contributed by atoms with Crippen LogP contribution in [0.1, 0.15) is 51.4 Å². The van der Waals surface area contributed by atoms with Gasteiger partial charge in [0.15, 0.2) is 0 Å². The third kappa shape index (κ3) is 4.29. The van der Waals surface area contributed by atoms with Crippen molar-refractivity contribution < 1.29 is 4.79 Å². The molecule has 1 aromatic rings. The van der Waals surface area contributed by atoms with Crippen LogP contribution >= 0.6 is 0 Å². The van der Waals surface area contributed by atoms with Crippen LogP contribution in [0.25, 0.3) is 0 Å². The van der Waals surface area contributed by atoms with Gasteiger partial charge in [-0.05, 0) is 63.8 Å². The van der Waals surface area contributed by atoms with Gasteiger partial charge in [-0.15, -0.1) is 0 Å². The van der Waals surface area contributed by atoms with E-state index in [2.05, 4.69) is 26.0 Å². The Bertz CT molecular complexity index is 607. The van der Waals surface area contributed by atoms with E-state index in [1.807, 2.05) is 4.68 Å². The molecule has 2 fully saturated rings. The Kier molecular flexibility index (Phi) is 5.15. The maximum absolute atomic E-state index is 13.0. The number of allylic oxidation sites excluding steroid dienone is 2. The average Bonchev–Trinajstić information content (AvgIpc) is 3.32. The summed E-state index contributed by atoms with van der Waals surface area (Å²) in [5.74, 6) is 0.878. The summed E-state index contributed by atoms with van der Waals surface area (Å²) in [6.07, 6.45) is 15.1. The molecule has 0 N–H and O–H groups in total. The molecule has 1 aromatic heterocycles. The molecular weight excluding hydrogens is 314 g/mol. The molecule has 1 atom stereocenters. The Hall–Kier alpha value is -1.69. The number of rotatable bonds is 6. The number of carbonyl (C=O) groups is 1. The summed E-state index contributed by atoms with van der Waals surface area (Å²) in [4.78, 5) is 21.6. The highest BCUT2D eigenvalue weighted by Crippen LogP contribution is 2.34. The fourth-order valence-electron chi connectivity index (χ4n) is 4.27. The van der Waals surface area contributed by atoms with E-state index in [4.69, 9.17) is 0 Å². The zero-order chi connectivity index (χ0) is 17.1. The van der Waals surface area contributed by atoms with E-state index < -0.39 is 0 Å². The van der Waals surface area contributed by atoms with Crippen LogP contribution in [0.3, 0.4) is 0 Å². The largest absolute Gasteiger partial charge is 0.312 e. The molecule has 0 bridgehead atoms. The highest BCUT2D eigenvalue weighted by atomic mass is 16.2. The molecule has 0 unspecified atom stereocenters. The normalized spacial score (nSPS) is 24.8. The summed E-state index contributed by atoms with van der Waals surface area (Å²) in [5, 5.41) is 4.22. The minimum absolute atomic E-state index is 0.317. The van der Waals surface area contributed by atoms with Crippen molar-refractivity contribution in [3.05, 3.63) is 24.4 Å². The second kappa shape index (κ2) is 7.68. The maximum Gasteiger partial charge on any atom is 0.241 e. The Morgan fingerprint density at radius 3 is 2.88 bits per heavy atom. The van der Waals surface area contributed by atoms with Crippen molar-refractivity contribution in [1.29, 1.82) is 0 Å². The van der Waals surface area contributed by atoms with Gasteiger partial charge in [-0.1, -0.05) is 6.08 Å². The van der Waals surface area contributed by atoms with E-state index in [1.165, 1.54) is 44.2 Å². The number of piperidine rings is 1. The second-order valence-electron chi connectivity index (χ2n) is 7.80. The van der Waals surface area contributed by atoms with Gasteiger partial charge in [0.05, 0.1) is 6.54 Å². The van der Waals surface area contributed by atoms with Crippen molar-refractivity contribution in [3.8, 4) is 0 Å². The standard InChI is InChI=1S/C19H29N5O/c25-19(24(18-8-9-18)17-6-2-1-3-7-17)13-22-10-4-5-16(11-22)12-23-15-20-14-21-23/h6,14-16,18H,1-5,7-13H2/t16-/m0/s1. The van der Waals surface area contributed by atoms with Crippen LogP contribution in [0.5, 0.6) is 0 Å². The molecule has 136 valence electrons. The van der Waals surface area contributed by atoms with Crippen LogP contribution in [-0.2, 0) is 11.3 Å². The van der Waals surface area contributed by atoms with Crippen molar-refractivity contribution in [2.45, 2.75) is 64.0 Å². The molecule has 25 heavy (non-hydrogen) atoms. The predicted octanol–water partition coefficient (Wildman–Crippen LogP) is 2.44. The first-order valence-electron chi connectivity index (χ1n) is 9.85. The van der Waals surface area contributed by atoms with E-state index in [0.29, 0.717) is 24.4 Å². The lowest BCUT2D eigenvalue weighted by Crippen LogP contribution is -2.45. The molecule has 6 heteroatoms. The van der Waals surface area contributed by atoms with Crippen molar-refractivity contribution in [2.24, 2.45) is 5.92 Å². The number of nitrogens with zero attached hydrogens (tertiary/aromatic N) is 5. The number of hydrogen-bond acceptors (Lipinski definition) is 4. The SMILES string of the molecule is O=C(CN1CCC[C@H](Cn2cncn2)C1)N(C1=CCCCC1)C1CC1. The van der Waals surface area contributed by atoms with Gasteiger partial charge >= 0.3 is 0 Å². The Balaban J connectivity index is 1.35. The number of carbonyl (C=O) groups excluding carboxylic acids is 1. The molecule has 0 aromatic carbocycles. The number of hydrogen-bond donors (Lipinski definition) is 0. The lowest BCUT2D eigenvalue weighted by atomic mass is 9.98. The number of amides is 1. The maximum atomic E-state index is 13.0. The Morgan fingerprint density at radius 1 is 1.24 bits per heavy atom. The van der Waals surface area contributed by atoms with Gasteiger partial charge < -0.3 is 4.90 Å². The summed E-state index contributed by atoms with van der Waals surface area (Å²) >= 11 is 0. The predicted molar refractivity (Wildman–Crippen MR) is 95.6 cm³/mol. The molecule has 0 radical (unpaired) electrons. The van der Waals surface area contributed by atoms with Crippen molar-refractivity contribution in [2.75, 3.05) is 19.6 Å². The zero-order valence-corrected chi connectivity index (χ0v) is 15.0. The molecule has 6 nitrogen and oxygen atoms in total. The summed E-state index contributed by atoms with van der Waals surface area (Å²) < 4.78 is 1.92. The van der Waals surface area contributed by atoms with E-state index >= 15 is 0 Å². The summed E-state index contributed by atoms with van der Waals surface area (Å²) in [5.41, 5.74) is 1.30. The van der Waals surface area contributed by atoms with Gasteiger partial charge in [0.1, 0.15) is 12.7 Å². The highest BCUT2D eigenvalue weighted by molar-refractivity contribution is 5.80. The van der Waals surface area contributed by atoms with Gasteiger partial charge in [0.2, 0.25) is 5.91 Å². The minimum atomic E-state index is 0.317. The first-order chi connectivity index (χ1) is 12.3. The number of aromatic nitrogens is 3. The zero-order valence-electron chi connectivity index (χ0n) is 15.0. The quantitative estimate of drug-likeness (QED) is 0.796. The number of likely N-dealkylation sites (tertiary alicyclic amines) is 1. The van der Waals surface area contributed by atoms with Crippen LogP contribution < -0.4 is 0 Å². The molecule has 2 aliphatic carbocycles. The van der Waals surface area contributed by atoms with Gasteiger partial charge in [-0.25, -0.2) is 4.98 Å². The molecule has 4 rings (SSSR count). The van der Waals surface area contributed by atoms with Gasteiger partial charge in [-0.3, -0.25) is 14.4 Å². The highest BCUT2D eigenvalue weighted by Gasteiger charge is 2.36. The van der Waals surface area contributed by atoms with Crippen LogP contribution in [0, 0.1) is 5.92 Å². The molecule has 1 aliphatic heterocycles.